The molecule has 0 saturated carbocycles. The van der Waals surface area contributed by atoms with Crippen molar-refractivity contribution in [3.05, 3.63) is 28.8 Å². The maximum absolute atomic E-state index is 12.6. The number of rotatable bonds is 6. The van der Waals surface area contributed by atoms with Crippen molar-refractivity contribution in [1.29, 1.82) is 0 Å². The first-order valence-electron chi connectivity index (χ1n) is 9.16. The van der Waals surface area contributed by atoms with Gasteiger partial charge in [-0.3, -0.25) is 9.59 Å². The number of unbranched alkanes of at least 4 members (excludes halogenated alkanes) is 1. The Morgan fingerprint density at radius 3 is 2.12 bits per heavy atom. The number of carbonyl (C=O) groups is 2. The van der Waals surface area contributed by atoms with Gasteiger partial charge in [-0.05, 0) is 37.5 Å². The van der Waals surface area contributed by atoms with Crippen molar-refractivity contribution in [2.45, 2.75) is 46.5 Å². The van der Waals surface area contributed by atoms with Crippen molar-refractivity contribution >= 4 is 11.8 Å². The van der Waals surface area contributed by atoms with Crippen LogP contribution in [0.5, 0.6) is 5.75 Å². The monoisotopic (exact) mass is 346 g/mol. The highest BCUT2D eigenvalue weighted by Gasteiger charge is 2.24. The van der Waals surface area contributed by atoms with Crippen LogP contribution in [-0.4, -0.2) is 54.9 Å². The number of aryl methyl sites for hydroxylation is 2. The molecule has 138 valence electrons. The zero-order valence-electron chi connectivity index (χ0n) is 15.9. The van der Waals surface area contributed by atoms with Crippen molar-refractivity contribution in [3.8, 4) is 5.75 Å². The van der Waals surface area contributed by atoms with Gasteiger partial charge in [0.05, 0.1) is 13.5 Å². The molecule has 25 heavy (non-hydrogen) atoms. The Labute approximate surface area is 150 Å². The van der Waals surface area contributed by atoms with Gasteiger partial charge in [0.2, 0.25) is 11.8 Å². The normalized spacial score (nSPS) is 14.6. The van der Waals surface area contributed by atoms with Crippen molar-refractivity contribution in [2.24, 2.45) is 0 Å². The molecule has 2 amide bonds. The van der Waals surface area contributed by atoms with E-state index in [9.17, 15) is 9.59 Å². The van der Waals surface area contributed by atoms with E-state index in [0.717, 1.165) is 35.3 Å². The molecular formula is C20H30N2O3. The van der Waals surface area contributed by atoms with Gasteiger partial charge in [0.1, 0.15) is 5.75 Å². The molecule has 1 aliphatic heterocycles. The fourth-order valence-electron chi connectivity index (χ4n) is 3.14. The minimum absolute atomic E-state index is 0.0993. The van der Waals surface area contributed by atoms with E-state index in [2.05, 4.69) is 6.92 Å². The van der Waals surface area contributed by atoms with Crippen LogP contribution in [0.1, 0.15) is 42.9 Å². The Bertz CT molecular complexity index is 620. The second-order valence-electron chi connectivity index (χ2n) is 6.79. The van der Waals surface area contributed by atoms with E-state index in [4.69, 9.17) is 4.74 Å². The predicted octanol–water partition coefficient (Wildman–Crippen LogP) is 2.72. The summed E-state index contributed by atoms with van der Waals surface area (Å²) in [6, 6.07) is 4.03. The molecule has 1 aliphatic rings. The summed E-state index contributed by atoms with van der Waals surface area (Å²) < 4.78 is 5.43. The molecule has 0 aliphatic carbocycles. The van der Waals surface area contributed by atoms with Crippen LogP contribution in [0.25, 0.3) is 0 Å². The second kappa shape index (κ2) is 8.88. The molecule has 1 fully saturated rings. The molecule has 0 radical (unpaired) electrons. The van der Waals surface area contributed by atoms with E-state index in [-0.39, 0.29) is 11.8 Å². The van der Waals surface area contributed by atoms with E-state index >= 15 is 0 Å². The number of hydrogen-bond acceptors (Lipinski definition) is 3. The summed E-state index contributed by atoms with van der Waals surface area (Å²) in [7, 11) is 1.64. The van der Waals surface area contributed by atoms with Crippen LogP contribution < -0.4 is 4.74 Å². The molecule has 2 rings (SSSR count). The summed E-state index contributed by atoms with van der Waals surface area (Å²) in [6.45, 7) is 8.68. The maximum atomic E-state index is 12.6. The number of hydrogen-bond donors (Lipinski definition) is 0. The largest absolute Gasteiger partial charge is 0.496 e. The van der Waals surface area contributed by atoms with Crippen molar-refractivity contribution < 1.29 is 14.3 Å². The van der Waals surface area contributed by atoms with Gasteiger partial charge in [-0.15, -0.1) is 0 Å². The quantitative estimate of drug-likeness (QED) is 0.796. The Kier molecular flexibility index (Phi) is 6.85. The summed E-state index contributed by atoms with van der Waals surface area (Å²) in [5.74, 6) is 1.08. The smallest absolute Gasteiger partial charge is 0.227 e. The molecule has 1 heterocycles. The predicted molar refractivity (Wildman–Crippen MR) is 98.9 cm³/mol. The molecule has 1 aromatic rings. The molecule has 0 spiro atoms. The van der Waals surface area contributed by atoms with Crippen LogP contribution in [-0.2, 0) is 16.0 Å². The fourth-order valence-corrected chi connectivity index (χ4v) is 3.14. The van der Waals surface area contributed by atoms with Crippen LogP contribution >= 0.6 is 0 Å². The molecular weight excluding hydrogens is 316 g/mol. The van der Waals surface area contributed by atoms with Crippen molar-refractivity contribution in [3.63, 3.8) is 0 Å². The molecule has 0 bridgehead atoms. The van der Waals surface area contributed by atoms with Gasteiger partial charge in [-0.25, -0.2) is 0 Å². The highest BCUT2D eigenvalue weighted by molar-refractivity contribution is 5.80. The van der Waals surface area contributed by atoms with Crippen molar-refractivity contribution in [1.82, 2.24) is 9.80 Å². The van der Waals surface area contributed by atoms with Crippen LogP contribution in [0.4, 0.5) is 0 Å². The third kappa shape index (κ3) is 4.97. The fraction of sp³-hybridized carbons (Fsp3) is 0.600. The lowest BCUT2D eigenvalue weighted by molar-refractivity contribution is -0.139. The summed E-state index contributed by atoms with van der Waals surface area (Å²) in [4.78, 5) is 28.5. The second-order valence-corrected chi connectivity index (χ2v) is 6.79. The zero-order valence-corrected chi connectivity index (χ0v) is 15.9. The first-order valence-corrected chi connectivity index (χ1v) is 9.16. The zero-order chi connectivity index (χ0) is 18.4. The Balaban J connectivity index is 1.93. The van der Waals surface area contributed by atoms with Gasteiger partial charge in [-0.1, -0.05) is 19.4 Å². The van der Waals surface area contributed by atoms with Crippen LogP contribution in [0, 0.1) is 13.8 Å². The van der Waals surface area contributed by atoms with Gasteiger partial charge in [-0.2, -0.15) is 0 Å². The molecule has 5 nitrogen and oxygen atoms in total. The van der Waals surface area contributed by atoms with Crippen LogP contribution in [0.15, 0.2) is 12.1 Å². The van der Waals surface area contributed by atoms with Crippen molar-refractivity contribution in [2.75, 3.05) is 33.3 Å². The Hall–Kier alpha value is -2.04. The topological polar surface area (TPSA) is 49.9 Å². The molecule has 1 aromatic carbocycles. The molecule has 0 aromatic heterocycles. The Morgan fingerprint density at radius 2 is 1.56 bits per heavy atom. The van der Waals surface area contributed by atoms with Gasteiger partial charge in [0.25, 0.3) is 0 Å². The van der Waals surface area contributed by atoms with Crippen LogP contribution in [0.3, 0.4) is 0 Å². The lowest BCUT2D eigenvalue weighted by atomic mass is 10.0. The lowest BCUT2D eigenvalue weighted by Crippen LogP contribution is -2.51. The number of benzene rings is 1. The lowest BCUT2D eigenvalue weighted by Gasteiger charge is -2.35. The molecule has 5 heteroatoms. The van der Waals surface area contributed by atoms with Gasteiger partial charge in [0.15, 0.2) is 0 Å². The van der Waals surface area contributed by atoms with Gasteiger partial charge in [0, 0.05) is 38.2 Å². The number of amides is 2. The summed E-state index contributed by atoms with van der Waals surface area (Å²) in [6.07, 6.45) is 2.92. The minimum Gasteiger partial charge on any atom is -0.496 e. The summed E-state index contributed by atoms with van der Waals surface area (Å²) in [5.41, 5.74) is 3.25. The van der Waals surface area contributed by atoms with Gasteiger partial charge >= 0.3 is 0 Å². The summed E-state index contributed by atoms with van der Waals surface area (Å²) >= 11 is 0. The first-order chi connectivity index (χ1) is 12.0. The molecule has 0 N–H and O–H groups in total. The van der Waals surface area contributed by atoms with Gasteiger partial charge < -0.3 is 14.5 Å². The SMILES string of the molecule is CCCCC(=O)N1CCN(C(=O)Cc2cc(C)c(C)cc2OC)CC1. The van der Waals surface area contributed by atoms with E-state index in [1.165, 1.54) is 0 Å². The molecule has 1 saturated heterocycles. The molecule has 0 unspecified atom stereocenters. The minimum atomic E-state index is 0.0993. The highest BCUT2D eigenvalue weighted by Crippen LogP contribution is 2.24. The highest BCUT2D eigenvalue weighted by atomic mass is 16.5. The average molecular weight is 346 g/mol. The number of piperazine rings is 1. The number of methoxy groups -OCH3 is 1. The Morgan fingerprint density at radius 1 is 1.00 bits per heavy atom. The number of carbonyl (C=O) groups excluding carboxylic acids is 2. The van der Waals surface area contributed by atoms with Crippen LogP contribution in [0.2, 0.25) is 0 Å². The number of nitrogens with zero attached hydrogens (tertiary/aromatic N) is 2. The number of ether oxygens (including phenoxy) is 1. The van der Waals surface area contributed by atoms with E-state index in [1.807, 2.05) is 35.8 Å². The van der Waals surface area contributed by atoms with E-state index < -0.39 is 0 Å². The maximum Gasteiger partial charge on any atom is 0.227 e. The molecule has 0 atom stereocenters. The third-order valence-corrected chi connectivity index (χ3v) is 4.97. The van der Waals surface area contributed by atoms with E-state index in [1.54, 1.807) is 7.11 Å². The average Bonchev–Trinajstić information content (AvgIpc) is 2.62. The first kappa shape index (κ1) is 19.3. The standard InChI is InChI=1S/C20H30N2O3/c1-5-6-7-19(23)21-8-10-22(11-9-21)20(24)14-17-12-15(2)16(3)13-18(17)25-4/h12-13H,5-11,14H2,1-4H3. The third-order valence-electron chi connectivity index (χ3n) is 4.97. The summed E-state index contributed by atoms with van der Waals surface area (Å²) in [5, 5.41) is 0. The van der Waals surface area contributed by atoms with E-state index in [0.29, 0.717) is 39.0 Å².